The summed E-state index contributed by atoms with van der Waals surface area (Å²) in [6, 6.07) is 12.4. The molecule has 2 aromatic carbocycles. The maximum atomic E-state index is 12.6. The molecule has 3 rings (SSSR count). The van der Waals surface area contributed by atoms with Crippen molar-refractivity contribution in [3.63, 3.8) is 0 Å². The molecule has 1 heterocycles. The highest BCUT2D eigenvalue weighted by molar-refractivity contribution is 14.1. The van der Waals surface area contributed by atoms with Crippen molar-refractivity contribution in [3.05, 3.63) is 74.1 Å². The molecule has 8 nitrogen and oxygen atoms in total. The molecule has 0 saturated carbocycles. The number of aryl methyl sites for hydroxylation is 2. The summed E-state index contributed by atoms with van der Waals surface area (Å²) in [7, 11) is 1.75. The van der Waals surface area contributed by atoms with Gasteiger partial charge in [-0.2, -0.15) is 10.2 Å². The van der Waals surface area contributed by atoms with E-state index in [1.54, 1.807) is 68.2 Å². The summed E-state index contributed by atoms with van der Waals surface area (Å²) in [5, 5.41) is 11.7. The summed E-state index contributed by atoms with van der Waals surface area (Å²) in [4.78, 5) is 24.9. The van der Waals surface area contributed by atoms with Gasteiger partial charge in [0.25, 0.3) is 11.8 Å². The first-order valence-electron chi connectivity index (χ1n) is 10.0. The van der Waals surface area contributed by atoms with Crippen molar-refractivity contribution in [1.29, 1.82) is 0 Å². The van der Waals surface area contributed by atoms with E-state index in [0.29, 0.717) is 27.9 Å². The Hall–Kier alpha value is -2.92. The van der Waals surface area contributed by atoms with Crippen LogP contribution < -0.4 is 15.5 Å². The van der Waals surface area contributed by atoms with Gasteiger partial charge in [0.05, 0.1) is 9.28 Å². The Morgan fingerprint density at radius 1 is 1.24 bits per heavy atom. The number of halogens is 2. The Morgan fingerprint density at radius 2 is 2.00 bits per heavy atom. The Morgan fingerprint density at radius 3 is 2.67 bits per heavy atom. The molecule has 3 aromatic rings. The molecule has 1 aromatic heterocycles. The number of ether oxygens (including phenoxy) is 1. The lowest BCUT2D eigenvalue weighted by atomic mass is 10.1. The number of nitrogens with zero attached hydrogens (tertiary/aromatic N) is 3. The molecular weight excluding hydrogens is 557 g/mol. The molecule has 2 N–H and O–H groups in total. The third-order valence-electron chi connectivity index (χ3n) is 4.68. The Bertz CT molecular complexity index is 1220. The minimum absolute atomic E-state index is 0.297. The van der Waals surface area contributed by atoms with Crippen LogP contribution in [0, 0.1) is 10.5 Å². The number of aromatic nitrogens is 2. The van der Waals surface area contributed by atoms with E-state index in [1.165, 1.54) is 0 Å². The third-order valence-corrected chi connectivity index (χ3v) is 5.71. The number of carbonyl (C=O) groups is 2. The van der Waals surface area contributed by atoms with Crippen LogP contribution in [0.1, 0.15) is 35.5 Å². The lowest BCUT2D eigenvalue weighted by molar-refractivity contribution is -0.122. The Labute approximate surface area is 210 Å². The van der Waals surface area contributed by atoms with Crippen LogP contribution in [0.25, 0.3) is 0 Å². The predicted molar refractivity (Wildman–Crippen MR) is 137 cm³/mol. The highest BCUT2D eigenvalue weighted by Crippen LogP contribution is 2.23. The molecule has 0 aliphatic rings. The average molecular weight is 580 g/mol. The fourth-order valence-corrected chi connectivity index (χ4v) is 3.90. The molecule has 1 unspecified atom stereocenters. The van der Waals surface area contributed by atoms with Crippen LogP contribution in [-0.2, 0) is 11.8 Å². The van der Waals surface area contributed by atoms with E-state index in [2.05, 4.69) is 20.9 Å². The van der Waals surface area contributed by atoms with E-state index in [-0.39, 0.29) is 5.91 Å². The van der Waals surface area contributed by atoms with E-state index in [9.17, 15) is 9.59 Å². The van der Waals surface area contributed by atoms with Gasteiger partial charge in [-0.25, -0.2) is 5.43 Å². The van der Waals surface area contributed by atoms with Crippen LogP contribution in [0.4, 0.5) is 5.69 Å². The van der Waals surface area contributed by atoms with Crippen LogP contribution in [0.3, 0.4) is 0 Å². The third kappa shape index (κ3) is 6.55. The van der Waals surface area contributed by atoms with Gasteiger partial charge in [-0.1, -0.05) is 23.7 Å². The van der Waals surface area contributed by atoms with Gasteiger partial charge in [-0.3, -0.25) is 14.3 Å². The van der Waals surface area contributed by atoms with E-state index in [1.807, 2.05) is 35.6 Å². The minimum Gasteiger partial charge on any atom is -0.481 e. The zero-order valence-electron chi connectivity index (χ0n) is 18.5. The van der Waals surface area contributed by atoms with Gasteiger partial charge >= 0.3 is 0 Å². The van der Waals surface area contributed by atoms with Crippen LogP contribution in [0.15, 0.2) is 53.8 Å². The number of hydrogen-bond acceptors (Lipinski definition) is 5. The lowest BCUT2D eigenvalue weighted by Crippen LogP contribution is -2.30. The van der Waals surface area contributed by atoms with E-state index >= 15 is 0 Å². The number of amides is 2. The number of anilines is 1. The fraction of sp³-hybridized carbons (Fsp3) is 0.217. The smallest absolute Gasteiger partial charge is 0.292 e. The number of hydrogen-bond donors (Lipinski definition) is 2. The lowest BCUT2D eigenvalue weighted by Gasteiger charge is -2.16. The average Bonchev–Trinajstić information content (AvgIpc) is 3.11. The predicted octanol–water partition coefficient (Wildman–Crippen LogP) is 4.55. The fourth-order valence-electron chi connectivity index (χ4n) is 2.92. The molecule has 0 bridgehead atoms. The zero-order chi connectivity index (χ0) is 24.1. The maximum Gasteiger partial charge on any atom is 0.292 e. The van der Waals surface area contributed by atoms with Crippen LogP contribution in [-0.4, -0.2) is 33.4 Å². The zero-order valence-corrected chi connectivity index (χ0v) is 21.4. The SMILES string of the molecule is C/C(=N\NC(=O)c1nn(C)cc1I)c1cccc(NC(=O)C(C)Oc2ccc(Cl)cc2C)c1. The highest BCUT2D eigenvalue weighted by Gasteiger charge is 2.17. The molecule has 0 saturated heterocycles. The molecular formula is C23H23ClIN5O3. The summed E-state index contributed by atoms with van der Waals surface area (Å²) in [6.07, 6.45) is 1.03. The quantitative estimate of drug-likeness (QED) is 0.244. The van der Waals surface area contributed by atoms with Crippen LogP contribution >= 0.6 is 34.2 Å². The molecule has 0 radical (unpaired) electrons. The Balaban J connectivity index is 1.64. The van der Waals surface area contributed by atoms with Gasteiger partial charge in [-0.05, 0) is 84.8 Å². The molecule has 33 heavy (non-hydrogen) atoms. The number of carbonyl (C=O) groups excluding carboxylic acids is 2. The van der Waals surface area contributed by atoms with Gasteiger partial charge in [0.15, 0.2) is 11.8 Å². The van der Waals surface area contributed by atoms with Gasteiger partial charge in [-0.15, -0.1) is 0 Å². The van der Waals surface area contributed by atoms with Gasteiger partial charge in [0.1, 0.15) is 5.75 Å². The number of rotatable bonds is 7. The maximum absolute atomic E-state index is 12.6. The summed E-state index contributed by atoms with van der Waals surface area (Å²) < 4.78 is 8.08. The second-order valence-corrected chi connectivity index (χ2v) is 8.98. The molecule has 0 aliphatic carbocycles. The van der Waals surface area contributed by atoms with Crippen LogP contribution in [0.2, 0.25) is 5.02 Å². The molecule has 0 aliphatic heterocycles. The monoisotopic (exact) mass is 579 g/mol. The van der Waals surface area contributed by atoms with Crippen molar-refractivity contribution in [2.45, 2.75) is 26.9 Å². The summed E-state index contributed by atoms with van der Waals surface area (Å²) in [6.45, 7) is 5.30. The molecule has 0 fully saturated rings. The number of benzene rings is 2. The first-order valence-corrected chi connectivity index (χ1v) is 11.5. The second kappa shape index (κ2) is 10.8. The van der Waals surface area contributed by atoms with E-state index in [4.69, 9.17) is 16.3 Å². The number of hydrazone groups is 1. The van der Waals surface area contributed by atoms with Crippen molar-refractivity contribution in [3.8, 4) is 5.75 Å². The molecule has 0 spiro atoms. The van der Waals surface area contributed by atoms with Crippen molar-refractivity contribution in [1.82, 2.24) is 15.2 Å². The topological polar surface area (TPSA) is 97.6 Å². The molecule has 2 amide bonds. The molecule has 1 atom stereocenters. The van der Waals surface area contributed by atoms with Crippen molar-refractivity contribution < 1.29 is 14.3 Å². The summed E-state index contributed by atoms with van der Waals surface area (Å²) >= 11 is 8.02. The summed E-state index contributed by atoms with van der Waals surface area (Å²) in [5.41, 5.74) is 5.57. The van der Waals surface area contributed by atoms with Crippen molar-refractivity contribution in [2.75, 3.05) is 5.32 Å². The highest BCUT2D eigenvalue weighted by atomic mass is 127. The molecule has 10 heteroatoms. The first kappa shape index (κ1) is 24.7. The first-order chi connectivity index (χ1) is 15.6. The normalized spacial score (nSPS) is 12.2. The standard InChI is InChI=1S/C23H23ClIN5O3/c1-13-10-17(24)8-9-20(13)33-15(3)22(31)26-18-7-5-6-16(11-18)14(2)27-28-23(32)21-19(25)12-30(4)29-21/h5-12,15H,1-4H3,(H,26,31)(H,28,32)/b27-14+. The van der Waals surface area contributed by atoms with Crippen molar-refractivity contribution >= 4 is 57.4 Å². The van der Waals surface area contributed by atoms with Gasteiger partial charge in [0, 0.05) is 24.0 Å². The van der Waals surface area contributed by atoms with Gasteiger partial charge < -0.3 is 10.1 Å². The van der Waals surface area contributed by atoms with Crippen LogP contribution in [0.5, 0.6) is 5.75 Å². The second-order valence-electron chi connectivity index (χ2n) is 7.38. The number of nitrogens with one attached hydrogen (secondary N) is 2. The van der Waals surface area contributed by atoms with Crippen molar-refractivity contribution in [2.24, 2.45) is 12.1 Å². The Kier molecular flexibility index (Phi) is 8.09. The van der Waals surface area contributed by atoms with Gasteiger partial charge in [0.2, 0.25) is 0 Å². The van der Waals surface area contributed by atoms with E-state index in [0.717, 1.165) is 14.7 Å². The molecule has 172 valence electrons. The summed E-state index contributed by atoms with van der Waals surface area (Å²) in [5.74, 6) is -0.0986. The van der Waals surface area contributed by atoms with E-state index < -0.39 is 12.0 Å². The minimum atomic E-state index is -0.719. The largest absolute Gasteiger partial charge is 0.481 e.